The third-order valence-corrected chi connectivity index (χ3v) is 4.50. The summed E-state index contributed by atoms with van der Waals surface area (Å²) in [6.45, 7) is 0. The van der Waals surface area contributed by atoms with Crippen LogP contribution in [0, 0.1) is 11.2 Å². The van der Waals surface area contributed by atoms with E-state index >= 15 is 0 Å². The highest BCUT2D eigenvalue weighted by atomic mass is 32.2. The Morgan fingerprint density at radius 2 is 2.08 bits per heavy atom. The van der Waals surface area contributed by atoms with Gasteiger partial charge in [0, 0.05) is 6.07 Å². The molecule has 11 nitrogen and oxygen atoms in total. The molecule has 0 bridgehead atoms. The quantitative estimate of drug-likeness (QED) is 0.241. The molecular formula is C12H11FN6O5S2. The van der Waals surface area contributed by atoms with E-state index in [1.54, 1.807) is 0 Å². The van der Waals surface area contributed by atoms with Crippen LogP contribution in [0.5, 0.6) is 0 Å². The van der Waals surface area contributed by atoms with Crippen molar-refractivity contribution in [2.45, 2.75) is 0 Å². The number of urea groups is 1. The summed E-state index contributed by atoms with van der Waals surface area (Å²) in [6.07, 6.45) is 0. The summed E-state index contributed by atoms with van der Waals surface area (Å²) in [4.78, 5) is 26.1. The molecule has 2 rings (SSSR count). The topological polar surface area (TPSA) is 179 Å². The van der Waals surface area contributed by atoms with Gasteiger partial charge in [-0.25, -0.2) is 31.7 Å². The van der Waals surface area contributed by atoms with Crippen LogP contribution in [0.4, 0.5) is 25.6 Å². The highest BCUT2D eigenvalue weighted by Crippen LogP contribution is 2.33. The molecule has 0 aliphatic rings. The van der Waals surface area contributed by atoms with Crippen molar-refractivity contribution in [2.75, 3.05) is 9.62 Å². The van der Waals surface area contributed by atoms with Crippen molar-refractivity contribution < 1.29 is 27.5 Å². The van der Waals surface area contributed by atoms with Crippen LogP contribution in [0.3, 0.4) is 0 Å². The van der Waals surface area contributed by atoms with E-state index in [9.17, 15) is 22.4 Å². The molecule has 0 saturated heterocycles. The minimum Gasteiger partial charge on any atom is -0.476 e. The number of halogens is 1. The number of carboxylic acid groups (broad SMARTS) is 1. The lowest BCUT2D eigenvalue weighted by atomic mass is 10.2. The zero-order chi connectivity index (χ0) is 19.4. The number of thiazole rings is 1. The Morgan fingerprint density at radius 1 is 1.38 bits per heavy atom. The van der Waals surface area contributed by atoms with Crippen LogP contribution in [0.2, 0.25) is 0 Å². The molecule has 14 heteroatoms. The second kappa shape index (κ2) is 7.75. The van der Waals surface area contributed by atoms with Gasteiger partial charge in [0.25, 0.3) is 0 Å². The predicted octanol–water partition coefficient (Wildman–Crippen LogP) is 0.660. The van der Waals surface area contributed by atoms with Crippen LogP contribution in [0.1, 0.15) is 10.5 Å². The fraction of sp³-hybridized carbons (Fsp3) is 0. The first-order chi connectivity index (χ1) is 12.2. The molecule has 0 spiro atoms. The van der Waals surface area contributed by atoms with Gasteiger partial charge in [0.15, 0.2) is 11.7 Å². The zero-order valence-electron chi connectivity index (χ0n) is 12.6. The van der Waals surface area contributed by atoms with Crippen LogP contribution in [0.25, 0.3) is 0 Å². The van der Waals surface area contributed by atoms with Crippen LogP contribution in [0.15, 0.2) is 23.7 Å². The Labute approximate surface area is 150 Å². The fourth-order valence-corrected chi connectivity index (χ4v) is 3.45. The van der Waals surface area contributed by atoms with E-state index in [0.717, 1.165) is 35.0 Å². The number of amides is 2. The van der Waals surface area contributed by atoms with Gasteiger partial charge in [-0.3, -0.25) is 10.7 Å². The molecule has 1 aromatic heterocycles. The monoisotopic (exact) mass is 402 g/mol. The highest BCUT2D eigenvalue weighted by Gasteiger charge is 2.23. The number of thiol groups is 1. The highest BCUT2D eigenvalue weighted by molar-refractivity contribution is 7.74. The molecule has 0 aliphatic heterocycles. The average molecular weight is 402 g/mol. The standard InChI is InChI=1S/C12H11FN6O5S2/c13-6-3-5(1-2-7(6)17-12(22)18-11(14)15)19(26(23)24)9-8(10(20)21)16-4-25-9/h1-4,26H,(H,20,21)(H5,14,15,17,18,22). The van der Waals surface area contributed by atoms with Crippen molar-refractivity contribution in [3.8, 4) is 0 Å². The Hall–Kier alpha value is -3.26. The number of nitrogens with one attached hydrogen (secondary N) is 3. The van der Waals surface area contributed by atoms with Gasteiger partial charge in [-0.2, -0.15) is 0 Å². The summed E-state index contributed by atoms with van der Waals surface area (Å²) in [6, 6.07) is 2.05. The summed E-state index contributed by atoms with van der Waals surface area (Å²) in [7, 11) is -3.35. The predicted molar refractivity (Wildman–Crippen MR) is 92.0 cm³/mol. The van der Waals surface area contributed by atoms with Crippen LogP contribution in [-0.2, 0) is 10.9 Å². The molecule has 26 heavy (non-hydrogen) atoms. The van der Waals surface area contributed by atoms with E-state index in [1.807, 2.05) is 5.32 Å². The Bertz CT molecular complexity index is 951. The molecule has 0 unspecified atom stereocenters. The number of hydrogen-bond acceptors (Lipinski definition) is 7. The van der Waals surface area contributed by atoms with Gasteiger partial charge in [0.2, 0.25) is 10.9 Å². The van der Waals surface area contributed by atoms with Gasteiger partial charge in [-0.15, -0.1) is 11.3 Å². The smallest absolute Gasteiger partial charge is 0.357 e. The summed E-state index contributed by atoms with van der Waals surface area (Å²) in [5.74, 6) is -3.09. The first-order valence-electron chi connectivity index (χ1n) is 6.53. The van der Waals surface area contributed by atoms with E-state index in [2.05, 4.69) is 10.3 Å². The minimum absolute atomic E-state index is 0.192. The van der Waals surface area contributed by atoms with Gasteiger partial charge in [0.1, 0.15) is 10.8 Å². The molecular weight excluding hydrogens is 391 g/mol. The molecule has 1 heterocycles. The maximum absolute atomic E-state index is 14.2. The second-order valence-corrected chi connectivity index (χ2v) is 6.23. The lowest BCUT2D eigenvalue weighted by Crippen LogP contribution is -2.38. The Balaban J connectivity index is 2.38. The number of nitrogens with two attached hydrogens (primary N) is 1. The normalized spacial score (nSPS) is 10.4. The second-order valence-electron chi connectivity index (χ2n) is 4.52. The maximum Gasteiger partial charge on any atom is 0.357 e. The number of anilines is 3. The average Bonchev–Trinajstić information content (AvgIpc) is 2.98. The number of guanidine groups is 1. The SMILES string of the molecule is N=C(N)NC(=O)Nc1ccc(N(c2scnc2C(=O)O)[SH](=O)=O)cc1F. The van der Waals surface area contributed by atoms with Crippen molar-refractivity contribution in [1.29, 1.82) is 5.41 Å². The lowest BCUT2D eigenvalue weighted by Gasteiger charge is -2.17. The number of carbonyl (C=O) groups is 2. The number of nitrogens with zero attached hydrogens (tertiary/aromatic N) is 2. The van der Waals surface area contributed by atoms with Crippen molar-refractivity contribution >= 4 is 56.6 Å². The van der Waals surface area contributed by atoms with E-state index in [0.29, 0.717) is 4.31 Å². The van der Waals surface area contributed by atoms with E-state index < -0.39 is 40.4 Å². The zero-order valence-corrected chi connectivity index (χ0v) is 14.3. The maximum atomic E-state index is 14.2. The Kier molecular flexibility index (Phi) is 5.68. The Morgan fingerprint density at radius 3 is 2.62 bits per heavy atom. The van der Waals surface area contributed by atoms with Gasteiger partial charge >= 0.3 is 12.0 Å². The molecule has 0 radical (unpaired) electrons. The van der Waals surface area contributed by atoms with E-state index in [-0.39, 0.29) is 16.4 Å². The van der Waals surface area contributed by atoms with Crippen LogP contribution < -0.4 is 20.7 Å². The number of rotatable bonds is 5. The molecule has 1 aromatic carbocycles. The molecule has 0 atom stereocenters. The van der Waals surface area contributed by atoms with Crippen molar-refractivity contribution in [1.82, 2.24) is 10.3 Å². The third-order valence-electron chi connectivity index (χ3n) is 2.80. The molecule has 0 aliphatic carbocycles. The number of aromatic carboxylic acids is 1. The number of aromatic nitrogens is 1. The minimum atomic E-state index is -3.35. The molecule has 138 valence electrons. The first-order valence-corrected chi connectivity index (χ1v) is 8.54. The van der Waals surface area contributed by atoms with Crippen molar-refractivity contribution in [3.05, 3.63) is 35.2 Å². The fourth-order valence-electron chi connectivity index (χ4n) is 1.84. The third kappa shape index (κ3) is 4.22. The van der Waals surface area contributed by atoms with Gasteiger partial charge in [-0.05, 0) is 12.1 Å². The van der Waals surface area contributed by atoms with Gasteiger partial charge in [-0.1, -0.05) is 0 Å². The van der Waals surface area contributed by atoms with Crippen molar-refractivity contribution in [3.63, 3.8) is 0 Å². The van der Waals surface area contributed by atoms with E-state index in [4.69, 9.17) is 16.2 Å². The summed E-state index contributed by atoms with van der Waals surface area (Å²) >= 11 is 0.747. The molecule has 6 N–H and O–H groups in total. The molecule has 2 amide bonds. The summed E-state index contributed by atoms with van der Waals surface area (Å²) in [5, 5.41) is 19.7. The molecule has 0 saturated carbocycles. The number of carboxylic acids is 1. The van der Waals surface area contributed by atoms with Gasteiger partial charge in [0.05, 0.1) is 16.9 Å². The first kappa shape index (κ1) is 19.1. The van der Waals surface area contributed by atoms with Crippen LogP contribution in [-0.4, -0.2) is 36.5 Å². The largest absolute Gasteiger partial charge is 0.476 e. The van der Waals surface area contributed by atoms with Gasteiger partial charge < -0.3 is 16.2 Å². The summed E-state index contributed by atoms with van der Waals surface area (Å²) in [5.41, 5.74) is 5.10. The lowest BCUT2D eigenvalue weighted by molar-refractivity contribution is 0.0692. The number of carbonyl (C=O) groups excluding carboxylic acids is 1. The number of benzene rings is 1. The number of hydrogen-bond donors (Lipinski definition) is 6. The van der Waals surface area contributed by atoms with E-state index in [1.165, 1.54) is 0 Å². The molecule has 0 fully saturated rings. The molecule has 2 aromatic rings. The van der Waals surface area contributed by atoms with Crippen molar-refractivity contribution in [2.24, 2.45) is 5.73 Å². The van der Waals surface area contributed by atoms with Crippen LogP contribution >= 0.6 is 11.3 Å². The summed E-state index contributed by atoms with van der Waals surface area (Å²) < 4.78 is 37.9.